The fourth-order valence-electron chi connectivity index (χ4n) is 2.17. The molecule has 0 saturated carbocycles. The summed E-state index contributed by atoms with van der Waals surface area (Å²) in [6.07, 6.45) is -0.0717. The molecule has 0 aliphatic rings. The molecule has 1 N–H and O–H groups in total. The number of benzene rings is 2. The van der Waals surface area contributed by atoms with Crippen LogP contribution in [0.15, 0.2) is 47.4 Å². The van der Waals surface area contributed by atoms with Gasteiger partial charge in [0.2, 0.25) is 0 Å². The van der Waals surface area contributed by atoms with Crippen molar-refractivity contribution in [2.24, 2.45) is 0 Å². The van der Waals surface area contributed by atoms with Gasteiger partial charge in [-0.15, -0.1) is 0 Å². The van der Waals surface area contributed by atoms with Crippen molar-refractivity contribution in [1.29, 1.82) is 0 Å². The van der Waals surface area contributed by atoms with Crippen LogP contribution >= 0.6 is 34.8 Å². The van der Waals surface area contributed by atoms with Crippen molar-refractivity contribution in [1.82, 2.24) is 0 Å². The maximum absolute atomic E-state index is 13.0. The second-order valence-electron chi connectivity index (χ2n) is 5.11. The molecule has 9 heteroatoms. The number of carboxylic acid groups (broad SMARTS) is 1. The molecule has 0 bridgehead atoms. The third-order valence-corrected chi connectivity index (χ3v) is 6.19. The number of aliphatic carboxylic acids is 1. The van der Waals surface area contributed by atoms with Crippen molar-refractivity contribution in [2.75, 3.05) is 10.8 Å². The van der Waals surface area contributed by atoms with Gasteiger partial charge in [0, 0.05) is 13.0 Å². The Balaban J connectivity index is 2.50. The highest BCUT2D eigenvalue weighted by molar-refractivity contribution is 7.92. The number of anilines is 1. The van der Waals surface area contributed by atoms with E-state index in [1.54, 1.807) is 18.2 Å². The number of sulfonamides is 1. The van der Waals surface area contributed by atoms with Gasteiger partial charge in [-0.1, -0.05) is 53.0 Å². The van der Waals surface area contributed by atoms with Crippen LogP contribution in [0, 0.1) is 0 Å². The molecule has 0 aromatic heterocycles. The molecule has 0 aliphatic carbocycles. The highest BCUT2D eigenvalue weighted by atomic mass is 35.5. The first-order valence-electron chi connectivity index (χ1n) is 7.17. The summed E-state index contributed by atoms with van der Waals surface area (Å²) in [6.45, 7) is -0.0682. The van der Waals surface area contributed by atoms with E-state index in [1.165, 1.54) is 24.3 Å². The summed E-state index contributed by atoms with van der Waals surface area (Å²) in [5.41, 5.74) is 0.144. The van der Waals surface area contributed by atoms with Crippen LogP contribution < -0.4 is 4.31 Å². The number of carbonyl (C=O) groups is 1. The maximum atomic E-state index is 13.0. The smallest absolute Gasteiger partial charge is 0.303 e. The summed E-state index contributed by atoms with van der Waals surface area (Å²) >= 11 is 18.1. The predicted octanol–water partition coefficient (Wildman–Crippen LogP) is 4.71. The standard InChI is InChI=1S/C16H14Cl3NO4S/c17-12-9-14(19)15(10-13(12)18)20(8-4-7-16(21)22)25(23,24)11-5-2-1-3-6-11/h1-3,5-6,9-10H,4,7-8H2,(H,21,22). The minimum atomic E-state index is -3.95. The monoisotopic (exact) mass is 421 g/mol. The Bertz CT molecular complexity index is 872. The molecule has 0 heterocycles. The van der Waals surface area contributed by atoms with Crippen LogP contribution in [0.4, 0.5) is 5.69 Å². The first kappa shape index (κ1) is 19.8. The van der Waals surface area contributed by atoms with Crippen LogP contribution in [0.2, 0.25) is 15.1 Å². The average Bonchev–Trinajstić information content (AvgIpc) is 2.56. The van der Waals surface area contributed by atoms with Crippen LogP contribution in [-0.2, 0) is 14.8 Å². The van der Waals surface area contributed by atoms with Crippen molar-refractivity contribution in [3.8, 4) is 0 Å². The van der Waals surface area contributed by atoms with E-state index in [-0.39, 0.29) is 45.0 Å². The lowest BCUT2D eigenvalue weighted by Crippen LogP contribution is -2.32. The van der Waals surface area contributed by atoms with E-state index in [0.29, 0.717) is 0 Å². The molecule has 25 heavy (non-hydrogen) atoms. The zero-order valence-electron chi connectivity index (χ0n) is 12.8. The Morgan fingerprint density at radius 1 is 1.00 bits per heavy atom. The molecule has 0 aliphatic heterocycles. The lowest BCUT2D eigenvalue weighted by Gasteiger charge is -2.25. The van der Waals surface area contributed by atoms with Gasteiger partial charge in [-0.05, 0) is 30.7 Å². The Labute approximate surface area is 160 Å². The van der Waals surface area contributed by atoms with Crippen molar-refractivity contribution < 1.29 is 18.3 Å². The largest absolute Gasteiger partial charge is 0.481 e. The van der Waals surface area contributed by atoms with Gasteiger partial charge in [-0.3, -0.25) is 9.10 Å². The molecular formula is C16H14Cl3NO4S. The van der Waals surface area contributed by atoms with Crippen LogP contribution in [-0.4, -0.2) is 26.0 Å². The van der Waals surface area contributed by atoms with E-state index in [4.69, 9.17) is 39.9 Å². The highest BCUT2D eigenvalue weighted by Crippen LogP contribution is 2.37. The van der Waals surface area contributed by atoms with Gasteiger partial charge in [-0.25, -0.2) is 8.42 Å². The summed E-state index contributed by atoms with van der Waals surface area (Å²) in [5.74, 6) is -1.02. The Morgan fingerprint density at radius 2 is 1.60 bits per heavy atom. The molecule has 0 saturated heterocycles. The van der Waals surface area contributed by atoms with Crippen LogP contribution in [0.25, 0.3) is 0 Å². The Kier molecular flexibility index (Phi) is 6.57. The minimum Gasteiger partial charge on any atom is -0.481 e. The third-order valence-electron chi connectivity index (χ3n) is 3.34. The van der Waals surface area contributed by atoms with Gasteiger partial charge < -0.3 is 5.11 Å². The third kappa shape index (κ3) is 4.79. The molecule has 2 aromatic rings. The van der Waals surface area contributed by atoms with E-state index in [1.807, 2.05) is 0 Å². The van der Waals surface area contributed by atoms with Gasteiger partial charge in [0.25, 0.3) is 10.0 Å². The zero-order valence-corrected chi connectivity index (χ0v) is 15.9. The van der Waals surface area contributed by atoms with E-state index in [0.717, 1.165) is 4.31 Å². The first-order chi connectivity index (χ1) is 11.7. The molecule has 134 valence electrons. The van der Waals surface area contributed by atoms with Gasteiger partial charge in [0.05, 0.1) is 25.7 Å². The fourth-order valence-corrected chi connectivity index (χ4v) is 4.40. The van der Waals surface area contributed by atoms with Gasteiger partial charge >= 0.3 is 5.97 Å². The topological polar surface area (TPSA) is 74.7 Å². The van der Waals surface area contributed by atoms with Gasteiger partial charge in [0.15, 0.2) is 0 Å². The summed E-state index contributed by atoms with van der Waals surface area (Å²) < 4.78 is 27.1. The van der Waals surface area contributed by atoms with Crippen molar-refractivity contribution in [3.05, 3.63) is 57.5 Å². The number of rotatable bonds is 7. The second kappa shape index (κ2) is 8.27. The molecule has 0 amide bonds. The molecule has 0 atom stereocenters. The molecule has 0 radical (unpaired) electrons. The number of hydrogen-bond acceptors (Lipinski definition) is 3. The first-order valence-corrected chi connectivity index (χ1v) is 9.75. The number of halogens is 3. The number of carboxylic acids is 1. The quantitative estimate of drug-likeness (QED) is 0.656. The molecule has 2 rings (SSSR count). The molecular weight excluding hydrogens is 409 g/mol. The lowest BCUT2D eigenvalue weighted by molar-refractivity contribution is -0.137. The van der Waals surface area contributed by atoms with Gasteiger partial charge in [-0.2, -0.15) is 0 Å². The second-order valence-corrected chi connectivity index (χ2v) is 8.19. The Hall–Kier alpha value is -1.47. The number of nitrogens with zero attached hydrogens (tertiary/aromatic N) is 1. The molecule has 0 spiro atoms. The maximum Gasteiger partial charge on any atom is 0.303 e. The molecule has 2 aromatic carbocycles. The summed E-state index contributed by atoms with van der Waals surface area (Å²) in [6, 6.07) is 10.5. The zero-order chi connectivity index (χ0) is 18.6. The molecule has 5 nitrogen and oxygen atoms in total. The van der Waals surface area contributed by atoms with Crippen LogP contribution in [0.5, 0.6) is 0 Å². The fraction of sp³-hybridized carbons (Fsp3) is 0.188. The van der Waals surface area contributed by atoms with Crippen molar-refractivity contribution >= 4 is 56.5 Å². The van der Waals surface area contributed by atoms with Crippen molar-refractivity contribution in [3.63, 3.8) is 0 Å². The van der Waals surface area contributed by atoms with E-state index < -0.39 is 16.0 Å². The van der Waals surface area contributed by atoms with E-state index in [2.05, 4.69) is 0 Å². The number of hydrogen-bond donors (Lipinski definition) is 1. The summed E-state index contributed by atoms with van der Waals surface area (Å²) in [4.78, 5) is 10.8. The SMILES string of the molecule is O=C(O)CCCN(c1cc(Cl)c(Cl)cc1Cl)S(=O)(=O)c1ccccc1. The normalized spacial score (nSPS) is 11.3. The van der Waals surface area contributed by atoms with Gasteiger partial charge in [0.1, 0.15) is 0 Å². The Morgan fingerprint density at radius 3 is 2.20 bits per heavy atom. The summed E-state index contributed by atoms with van der Waals surface area (Å²) in [7, 11) is -3.95. The van der Waals surface area contributed by atoms with E-state index >= 15 is 0 Å². The van der Waals surface area contributed by atoms with Crippen LogP contribution in [0.3, 0.4) is 0 Å². The highest BCUT2D eigenvalue weighted by Gasteiger charge is 2.27. The minimum absolute atomic E-state index is 0.0625. The van der Waals surface area contributed by atoms with Crippen molar-refractivity contribution in [2.45, 2.75) is 17.7 Å². The van der Waals surface area contributed by atoms with Crippen LogP contribution in [0.1, 0.15) is 12.8 Å². The van der Waals surface area contributed by atoms with E-state index in [9.17, 15) is 13.2 Å². The molecule has 0 unspecified atom stereocenters. The average molecular weight is 423 g/mol. The predicted molar refractivity (Wildman–Crippen MR) is 99.3 cm³/mol. The summed E-state index contributed by atoms with van der Waals surface area (Å²) in [5, 5.41) is 9.26. The molecule has 0 fully saturated rings. The lowest BCUT2D eigenvalue weighted by atomic mass is 10.2.